The van der Waals surface area contributed by atoms with Crippen LogP contribution in [-0.2, 0) is 4.79 Å². The Kier molecular flexibility index (Phi) is 6.06. The number of hydrogen-bond donors (Lipinski definition) is 1. The van der Waals surface area contributed by atoms with E-state index in [1.54, 1.807) is 24.3 Å². The number of amides is 1. The molecule has 0 bridgehead atoms. The van der Waals surface area contributed by atoms with Gasteiger partial charge in [0.1, 0.15) is 11.5 Å². The number of nitrogens with one attached hydrogen (secondary N) is 1. The van der Waals surface area contributed by atoms with E-state index in [0.717, 1.165) is 14.7 Å². The summed E-state index contributed by atoms with van der Waals surface area (Å²) in [5.41, 5.74) is 2.46. The summed E-state index contributed by atoms with van der Waals surface area (Å²) in [6, 6.07) is 14.8. The van der Waals surface area contributed by atoms with Crippen LogP contribution in [0.2, 0.25) is 10.0 Å². The summed E-state index contributed by atoms with van der Waals surface area (Å²) in [5, 5.41) is 3.92. The monoisotopic (exact) mass is 497 g/mol. The standard InChI is InChI=1S/C20H14Cl2INO2/c1-12-2-3-13(10-16(12)21)19-8-5-15(26-19)6-9-20(25)24-18-7-4-14(23)11-17(18)22/h2-11H,1H3,(H,24,25)/b9-6+. The summed E-state index contributed by atoms with van der Waals surface area (Å²) >= 11 is 14.4. The summed E-state index contributed by atoms with van der Waals surface area (Å²) in [7, 11) is 0. The first-order valence-electron chi connectivity index (χ1n) is 7.73. The van der Waals surface area contributed by atoms with Gasteiger partial charge < -0.3 is 9.73 Å². The summed E-state index contributed by atoms with van der Waals surface area (Å²) in [5.74, 6) is 0.970. The van der Waals surface area contributed by atoms with Crippen LogP contribution in [0.3, 0.4) is 0 Å². The van der Waals surface area contributed by atoms with Gasteiger partial charge in [0.15, 0.2) is 0 Å². The lowest BCUT2D eigenvalue weighted by molar-refractivity contribution is -0.111. The van der Waals surface area contributed by atoms with Gasteiger partial charge in [-0.1, -0.05) is 35.3 Å². The van der Waals surface area contributed by atoms with Crippen LogP contribution in [-0.4, -0.2) is 5.91 Å². The van der Waals surface area contributed by atoms with Gasteiger partial charge in [0, 0.05) is 20.2 Å². The minimum absolute atomic E-state index is 0.288. The molecule has 0 saturated carbocycles. The molecule has 3 rings (SSSR count). The molecule has 0 saturated heterocycles. The van der Waals surface area contributed by atoms with Gasteiger partial charge in [-0.15, -0.1) is 0 Å². The van der Waals surface area contributed by atoms with Crippen molar-refractivity contribution in [3.05, 3.63) is 79.5 Å². The van der Waals surface area contributed by atoms with Gasteiger partial charge >= 0.3 is 0 Å². The number of aryl methyl sites for hydroxylation is 1. The molecule has 1 amide bonds. The first-order chi connectivity index (χ1) is 12.4. The van der Waals surface area contributed by atoms with Gasteiger partial charge in [0.05, 0.1) is 10.7 Å². The SMILES string of the molecule is Cc1ccc(-c2ccc(/C=C/C(=O)Nc3ccc(I)cc3Cl)o2)cc1Cl. The lowest BCUT2D eigenvalue weighted by Crippen LogP contribution is -2.08. The quantitative estimate of drug-likeness (QED) is 0.317. The second-order valence-electron chi connectivity index (χ2n) is 5.61. The molecule has 26 heavy (non-hydrogen) atoms. The molecule has 0 aliphatic rings. The Hall–Kier alpha value is -1.76. The Bertz CT molecular complexity index is 995. The van der Waals surface area contributed by atoms with Crippen LogP contribution in [0.1, 0.15) is 11.3 Å². The van der Waals surface area contributed by atoms with Crippen LogP contribution < -0.4 is 5.32 Å². The number of carbonyl (C=O) groups excluding carboxylic acids is 1. The maximum absolute atomic E-state index is 12.1. The second-order valence-corrected chi connectivity index (χ2v) is 7.67. The van der Waals surface area contributed by atoms with Crippen molar-refractivity contribution in [1.82, 2.24) is 0 Å². The summed E-state index contributed by atoms with van der Waals surface area (Å²) in [4.78, 5) is 12.1. The molecule has 1 aromatic heterocycles. The third-order valence-electron chi connectivity index (χ3n) is 3.67. The van der Waals surface area contributed by atoms with Crippen molar-refractivity contribution < 1.29 is 9.21 Å². The molecule has 132 valence electrons. The van der Waals surface area contributed by atoms with Gasteiger partial charge in [-0.25, -0.2) is 0 Å². The van der Waals surface area contributed by atoms with E-state index in [1.807, 2.05) is 37.3 Å². The Balaban J connectivity index is 1.69. The van der Waals surface area contributed by atoms with Crippen molar-refractivity contribution >= 4 is 63.5 Å². The van der Waals surface area contributed by atoms with Gasteiger partial charge in [-0.2, -0.15) is 0 Å². The normalized spacial score (nSPS) is 11.1. The number of benzene rings is 2. The molecule has 2 aromatic carbocycles. The highest BCUT2D eigenvalue weighted by molar-refractivity contribution is 14.1. The molecule has 0 radical (unpaired) electrons. The van der Waals surface area contributed by atoms with Crippen molar-refractivity contribution in [2.75, 3.05) is 5.32 Å². The van der Waals surface area contributed by atoms with Gasteiger partial charge in [-0.05, 0) is 77.6 Å². The molecule has 0 spiro atoms. The molecule has 1 heterocycles. The van der Waals surface area contributed by atoms with E-state index in [4.69, 9.17) is 27.6 Å². The van der Waals surface area contributed by atoms with E-state index >= 15 is 0 Å². The second kappa shape index (κ2) is 8.29. The molecule has 0 aliphatic heterocycles. The van der Waals surface area contributed by atoms with Crippen molar-refractivity contribution in [2.45, 2.75) is 6.92 Å². The predicted molar refractivity (Wildman–Crippen MR) is 116 cm³/mol. The third-order valence-corrected chi connectivity index (χ3v) is 5.06. The van der Waals surface area contributed by atoms with Gasteiger partial charge in [-0.3, -0.25) is 4.79 Å². The van der Waals surface area contributed by atoms with Crippen molar-refractivity contribution in [1.29, 1.82) is 0 Å². The fourth-order valence-electron chi connectivity index (χ4n) is 2.27. The third kappa shape index (κ3) is 4.69. The summed E-state index contributed by atoms with van der Waals surface area (Å²) < 4.78 is 6.75. The molecule has 0 unspecified atom stereocenters. The number of hydrogen-bond acceptors (Lipinski definition) is 2. The molecule has 0 aliphatic carbocycles. The predicted octanol–water partition coefficient (Wildman–Crippen LogP) is 6.82. The van der Waals surface area contributed by atoms with Crippen LogP contribution in [0.4, 0.5) is 5.69 Å². The Morgan fingerprint density at radius 2 is 1.88 bits per heavy atom. The highest BCUT2D eigenvalue weighted by Crippen LogP contribution is 2.27. The minimum atomic E-state index is -0.288. The average Bonchev–Trinajstić information content (AvgIpc) is 3.07. The van der Waals surface area contributed by atoms with Gasteiger partial charge in [0.2, 0.25) is 5.91 Å². The van der Waals surface area contributed by atoms with Crippen LogP contribution in [0.25, 0.3) is 17.4 Å². The van der Waals surface area contributed by atoms with E-state index in [9.17, 15) is 4.79 Å². The van der Waals surface area contributed by atoms with Crippen LogP contribution in [0.15, 0.2) is 59.0 Å². The highest BCUT2D eigenvalue weighted by Gasteiger charge is 2.07. The Morgan fingerprint density at radius 3 is 2.62 bits per heavy atom. The largest absolute Gasteiger partial charge is 0.457 e. The van der Waals surface area contributed by atoms with Crippen LogP contribution >= 0.6 is 45.8 Å². The number of rotatable bonds is 4. The lowest BCUT2D eigenvalue weighted by Gasteiger charge is -2.04. The molecule has 6 heteroatoms. The van der Waals surface area contributed by atoms with Gasteiger partial charge in [0.25, 0.3) is 0 Å². The number of anilines is 1. The maximum Gasteiger partial charge on any atom is 0.248 e. The number of furan rings is 1. The number of carbonyl (C=O) groups is 1. The van der Waals surface area contributed by atoms with Crippen molar-refractivity contribution in [2.24, 2.45) is 0 Å². The molecule has 0 fully saturated rings. The average molecular weight is 498 g/mol. The first kappa shape index (κ1) is 19.0. The van der Waals surface area contributed by atoms with E-state index in [0.29, 0.717) is 27.3 Å². The Morgan fingerprint density at radius 1 is 1.08 bits per heavy atom. The molecular formula is C20H14Cl2INO2. The smallest absolute Gasteiger partial charge is 0.248 e. The highest BCUT2D eigenvalue weighted by atomic mass is 127. The molecule has 1 N–H and O–H groups in total. The topological polar surface area (TPSA) is 42.2 Å². The minimum Gasteiger partial charge on any atom is -0.457 e. The zero-order valence-corrected chi connectivity index (χ0v) is 17.4. The van der Waals surface area contributed by atoms with Crippen LogP contribution in [0.5, 0.6) is 0 Å². The van der Waals surface area contributed by atoms with Crippen molar-refractivity contribution in [3.8, 4) is 11.3 Å². The summed E-state index contributed by atoms with van der Waals surface area (Å²) in [6.07, 6.45) is 3.01. The van der Waals surface area contributed by atoms with E-state index < -0.39 is 0 Å². The first-order valence-corrected chi connectivity index (χ1v) is 9.56. The number of halogens is 3. The van der Waals surface area contributed by atoms with E-state index in [2.05, 4.69) is 27.9 Å². The van der Waals surface area contributed by atoms with E-state index in [-0.39, 0.29) is 5.91 Å². The zero-order chi connectivity index (χ0) is 18.7. The fraction of sp³-hybridized carbons (Fsp3) is 0.0500. The maximum atomic E-state index is 12.1. The molecule has 3 aromatic rings. The lowest BCUT2D eigenvalue weighted by atomic mass is 10.1. The Labute approximate surface area is 175 Å². The molecule has 3 nitrogen and oxygen atoms in total. The van der Waals surface area contributed by atoms with Crippen LogP contribution in [0, 0.1) is 10.5 Å². The molecule has 0 atom stereocenters. The molecular weight excluding hydrogens is 484 g/mol. The van der Waals surface area contributed by atoms with E-state index in [1.165, 1.54) is 6.08 Å². The zero-order valence-electron chi connectivity index (χ0n) is 13.7. The summed E-state index contributed by atoms with van der Waals surface area (Å²) in [6.45, 7) is 1.95. The fourth-order valence-corrected chi connectivity index (χ4v) is 3.35. The van der Waals surface area contributed by atoms with Crippen molar-refractivity contribution in [3.63, 3.8) is 0 Å².